The second kappa shape index (κ2) is 15.1. The van der Waals surface area contributed by atoms with Gasteiger partial charge in [0.25, 0.3) is 0 Å². The molecule has 6 heteroatoms. The zero-order chi connectivity index (χ0) is 35.6. The third-order valence-electron chi connectivity index (χ3n) is 8.05. The van der Waals surface area contributed by atoms with Crippen LogP contribution in [0.5, 0.6) is 0 Å². The molecule has 245 valence electrons. The molecule has 3 nitrogen and oxygen atoms in total. The summed E-state index contributed by atoms with van der Waals surface area (Å²) in [5, 5.41) is 1.62. The standard InChI is InChI=1S/C24H15FNO.C18H24GeN.Ir/c1-15-14-26-22(13-21(15)16-6-3-2-4-7-16)20-9-5-8-19-18-11-10-17(25)12-23(18)27-24(19)20;1-14(2)11-16-12-18(15-9-7-6-8-10-15)20-13-17(16)19(3,4)5;/h2-8,10-14H,1H3;6-9,12-14H,11H2,1-5H3;/q2*-1;/i1D3;;. The van der Waals surface area contributed by atoms with Crippen LogP contribution in [0.3, 0.4) is 0 Å². The number of pyridine rings is 2. The summed E-state index contributed by atoms with van der Waals surface area (Å²) < 4.78 is 44.8. The molecule has 4 aromatic carbocycles. The Morgan fingerprint density at radius 1 is 0.833 bits per heavy atom. The molecule has 0 unspecified atom stereocenters. The molecule has 0 saturated heterocycles. The minimum absolute atomic E-state index is 0. The van der Waals surface area contributed by atoms with E-state index in [0.29, 0.717) is 33.9 Å². The molecule has 0 spiro atoms. The molecule has 1 radical (unpaired) electrons. The number of aryl methyl sites for hydroxylation is 1. The zero-order valence-electron chi connectivity index (χ0n) is 30.7. The minimum Gasteiger partial charge on any atom is -0.500 e. The number of nitrogens with zero attached hydrogens (tertiary/aromatic N) is 2. The molecule has 0 fully saturated rings. The SMILES string of the molecule is CC(C)Cc1cc(-c2[c-]cccc2)nc[c]1[Ge]([CH3])([CH3])[CH3].[2H]C([2H])([2H])c1cnc(-c2[c-]ccc3c2oc2cc(F)ccc23)cc1-c1ccccc1.[Ir]. The molecule has 3 heterocycles. The van der Waals surface area contributed by atoms with Gasteiger partial charge in [0.15, 0.2) is 0 Å². The molecule has 0 N–H and O–H groups in total. The fourth-order valence-electron chi connectivity index (χ4n) is 5.84. The first-order valence-electron chi connectivity index (χ1n) is 17.3. The average molecular weight is 875 g/mol. The van der Waals surface area contributed by atoms with E-state index in [0.717, 1.165) is 34.0 Å². The Labute approximate surface area is 303 Å². The van der Waals surface area contributed by atoms with Crippen LogP contribution in [0.15, 0.2) is 114 Å². The van der Waals surface area contributed by atoms with Crippen LogP contribution in [-0.4, -0.2) is 23.2 Å². The number of rotatable bonds is 6. The third-order valence-corrected chi connectivity index (χ3v) is 12.4. The van der Waals surface area contributed by atoms with Gasteiger partial charge < -0.3 is 9.40 Å². The van der Waals surface area contributed by atoms with Crippen molar-refractivity contribution in [2.24, 2.45) is 5.92 Å². The van der Waals surface area contributed by atoms with Crippen LogP contribution < -0.4 is 4.40 Å². The van der Waals surface area contributed by atoms with Crippen molar-refractivity contribution < 1.29 is 33.0 Å². The summed E-state index contributed by atoms with van der Waals surface area (Å²) in [6, 6.07) is 35.9. The summed E-state index contributed by atoms with van der Waals surface area (Å²) in [7, 11) is 0. The summed E-state index contributed by atoms with van der Waals surface area (Å²) in [5.74, 6) is 7.62. The summed E-state index contributed by atoms with van der Waals surface area (Å²) in [5.41, 5.74) is 7.28. The molecule has 48 heavy (non-hydrogen) atoms. The molecule has 0 aliphatic heterocycles. The Morgan fingerprint density at radius 3 is 2.31 bits per heavy atom. The van der Waals surface area contributed by atoms with Crippen LogP contribution in [0.25, 0.3) is 55.6 Å². The molecule has 0 saturated carbocycles. The topological polar surface area (TPSA) is 38.9 Å². The fraction of sp³-hybridized carbons (Fsp3) is 0.190. The molecule has 7 aromatic rings. The third kappa shape index (κ3) is 7.86. The van der Waals surface area contributed by atoms with E-state index >= 15 is 0 Å². The predicted octanol–water partition coefficient (Wildman–Crippen LogP) is 10.9. The second-order valence-electron chi connectivity index (χ2n) is 13.2. The van der Waals surface area contributed by atoms with Crippen molar-refractivity contribution in [3.63, 3.8) is 0 Å². The maximum atomic E-state index is 13.7. The van der Waals surface area contributed by atoms with Gasteiger partial charge in [-0.1, -0.05) is 47.3 Å². The van der Waals surface area contributed by atoms with E-state index < -0.39 is 20.1 Å². The summed E-state index contributed by atoms with van der Waals surface area (Å²) in [6.07, 6.45) is 4.66. The van der Waals surface area contributed by atoms with Gasteiger partial charge in [0, 0.05) is 41.9 Å². The van der Waals surface area contributed by atoms with Gasteiger partial charge in [0.1, 0.15) is 11.4 Å². The van der Waals surface area contributed by atoms with Gasteiger partial charge in [0.2, 0.25) is 0 Å². The maximum Gasteiger partial charge on any atom is 0.126 e. The van der Waals surface area contributed by atoms with Crippen LogP contribution in [0.1, 0.15) is 29.1 Å². The van der Waals surface area contributed by atoms with Crippen molar-refractivity contribution in [1.29, 1.82) is 0 Å². The van der Waals surface area contributed by atoms with Gasteiger partial charge in [-0.25, -0.2) is 4.39 Å². The van der Waals surface area contributed by atoms with Crippen LogP contribution in [0.4, 0.5) is 4.39 Å². The number of hydrogen-bond donors (Lipinski definition) is 0. The Hall–Kier alpha value is -3.90. The molecule has 3 aromatic heterocycles. The Kier molecular flexibility index (Phi) is 9.88. The molecular formula is C42H39FGeIrN2O-2. The number of fused-ring (bicyclic) bond motifs is 3. The van der Waals surface area contributed by atoms with E-state index in [4.69, 9.17) is 13.5 Å². The van der Waals surface area contributed by atoms with Crippen LogP contribution >= 0.6 is 0 Å². The van der Waals surface area contributed by atoms with Gasteiger partial charge >= 0.3 is 126 Å². The molecule has 0 bridgehead atoms. The van der Waals surface area contributed by atoms with Crippen LogP contribution in [0, 0.1) is 30.7 Å². The maximum absolute atomic E-state index is 13.7. The Balaban J connectivity index is 0.000000211. The fourth-order valence-corrected chi connectivity index (χ4v) is 9.17. The van der Waals surface area contributed by atoms with Crippen LogP contribution in [0.2, 0.25) is 17.3 Å². The van der Waals surface area contributed by atoms with Crippen molar-refractivity contribution >= 4 is 39.6 Å². The number of furan rings is 1. The predicted molar refractivity (Wildman–Crippen MR) is 196 cm³/mol. The monoisotopic (exact) mass is 876 g/mol. The summed E-state index contributed by atoms with van der Waals surface area (Å²) in [4.78, 5) is 9.11. The summed E-state index contributed by atoms with van der Waals surface area (Å²) >= 11 is -1.86. The minimum atomic E-state index is -2.30. The molecule has 0 atom stereocenters. The second-order valence-corrected chi connectivity index (χ2v) is 23.7. The van der Waals surface area contributed by atoms with E-state index in [1.54, 1.807) is 22.6 Å². The Morgan fingerprint density at radius 2 is 1.60 bits per heavy atom. The molecule has 0 aliphatic rings. The number of aromatic nitrogens is 2. The average Bonchev–Trinajstić information content (AvgIpc) is 3.45. The molecular weight excluding hydrogens is 832 g/mol. The van der Waals surface area contributed by atoms with Crippen molar-refractivity contribution in [3.8, 4) is 33.6 Å². The normalized spacial score (nSPS) is 12.5. The van der Waals surface area contributed by atoms with E-state index in [9.17, 15) is 4.39 Å². The number of benzene rings is 4. The van der Waals surface area contributed by atoms with Gasteiger partial charge in [0.05, 0.1) is 5.58 Å². The van der Waals surface area contributed by atoms with Gasteiger partial charge in [-0.2, -0.15) is 0 Å². The van der Waals surface area contributed by atoms with E-state index in [-0.39, 0.29) is 31.5 Å². The quantitative estimate of drug-likeness (QED) is 0.123. The van der Waals surface area contributed by atoms with E-state index in [1.165, 1.54) is 23.9 Å². The van der Waals surface area contributed by atoms with E-state index in [1.807, 2.05) is 54.6 Å². The first kappa shape index (κ1) is 31.4. The van der Waals surface area contributed by atoms with Gasteiger partial charge in [-0.15, -0.1) is 18.2 Å². The number of hydrogen-bond acceptors (Lipinski definition) is 3. The first-order valence-corrected chi connectivity index (χ1v) is 23.2. The van der Waals surface area contributed by atoms with Gasteiger partial charge in [-0.05, 0) is 41.4 Å². The van der Waals surface area contributed by atoms with Crippen molar-refractivity contribution in [2.45, 2.75) is 44.4 Å². The smallest absolute Gasteiger partial charge is 0.126 e. The summed E-state index contributed by atoms with van der Waals surface area (Å²) in [6.45, 7) is 2.27. The zero-order valence-corrected chi connectivity index (χ0v) is 32.2. The first-order chi connectivity index (χ1) is 23.8. The van der Waals surface area contributed by atoms with Crippen molar-refractivity contribution in [2.75, 3.05) is 0 Å². The number of halogens is 1. The van der Waals surface area contributed by atoms with E-state index in [2.05, 4.69) is 66.6 Å². The molecule has 0 aliphatic carbocycles. The molecule has 0 amide bonds. The van der Waals surface area contributed by atoms with Crippen LogP contribution in [-0.2, 0) is 26.5 Å². The largest absolute Gasteiger partial charge is 0.500 e. The Bertz CT molecular complexity index is 2270. The van der Waals surface area contributed by atoms with Gasteiger partial charge in [-0.3, -0.25) is 0 Å². The van der Waals surface area contributed by atoms with Crippen molar-refractivity contribution in [3.05, 3.63) is 139 Å². The molecule has 7 rings (SSSR count). The van der Waals surface area contributed by atoms with Crippen molar-refractivity contribution in [1.82, 2.24) is 9.97 Å².